The molecule has 0 saturated heterocycles. The molecule has 0 aromatic carbocycles. The fraction of sp³-hybridized carbons (Fsp3) is 0.250. The Bertz CT molecular complexity index is 350. The largest absolute Gasteiger partial charge is 0.462 e. The molecule has 0 fully saturated rings. The third-order valence-corrected chi connectivity index (χ3v) is 3.11. The summed E-state index contributed by atoms with van der Waals surface area (Å²) in [6.45, 7) is 0.337. The molecular weight excluding hydrogens is 270 g/mol. The number of amides is 1. The summed E-state index contributed by atoms with van der Waals surface area (Å²) in [5, 5.41) is 4.34. The van der Waals surface area contributed by atoms with Crippen LogP contribution < -0.4 is 5.32 Å². The van der Waals surface area contributed by atoms with Gasteiger partial charge in [-0.25, -0.2) is 4.79 Å². The lowest BCUT2D eigenvalue weighted by Gasteiger charge is -2.00. The molecule has 6 heteroatoms. The lowest BCUT2D eigenvalue weighted by molar-refractivity contribution is -0.152. The number of nitrogens with one attached hydrogen (secondary N) is 1. The van der Waals surface area contributed by atoms with Crippen molar-refractivity contribution in [2.45, 2.75) is 6.54 Å². The molecule has 0 radical (unpaired) electrons. The van der Waals surface area contributed by atoms with Gasteiger partial charge in [0.2, 0.25) is 0 Å². The Morgan fingerprint density at radius 3 is 2.86 bits per heavy atom. The molecule has 1 amide bonds. The van der Waals surface area contributed by atoms with E-state index in [2.05, 4.69) is 26.0 Å². The zero-order chi connectivity index (χ0) is 10.6. The van der Waals surface area contributed by atoms with Crippen molar-refractivity contribution in [2.75, 3.05) is 7.11 Å². The molecule has 0 bridgehead atoms. The van der Waals surface area contributed by atoms with Crippen molar-refractivity contribution in [3.63, 3.8) is 0 Å². The van der Waals surface area contributed by atoms with Gasteiger partial charge in [-0.3, -0.25) is 4.79 Å². The number of thiophene rings is 1. The lowest BCUT2D eigenvalue weighted by Crippen LogP contribution is -2.31. The number of ether oxygens (including phenoxy) is 1. The Balaban J connectivity index is 2.41. The van der Waals surface area contributed by atoms with E-state index in [1.54, 1.807) is 0 Å². The Kier molecular flexibility index (Phi) is 4.09. The van der Waals surface area contributed by atoms with Crippen molar-refractivity contribution in [3.05, 3.63) is 20.8 Å². The predicted molar refractivity (Wildman–Crippen MR) is 55.9 cm³/mol. The second-order valence-electron chi connectivity index (χ2n) is 2.41. The molecular formula is C8H8BrNO3S. The van der Waals surface area contributed by atoms with Gasteiger partial charge in [-0.2, -0.15) is 0 Å². The summed E-state index contributed by atoms with van der Waals surface area (Å²) in [5.74, 6) is -1.60. The molecule has 1 aromatic heterocycles. The summed E-state index contributed by atoms with van der Waals surface area (Å²) < 4.78 is 5.21. The van der Waals surface area contributed by atoms with Crippen molar-refractivity contribution in [1.82, 2.24) is 5.32 Å². The second kappa shape index (κ2) is 5.11. The maximum Gasteiger partial charge on any atom is 0.396 e. The fourth-order valence-corrected chi connectivity index (χ4v) is 2.17. The molecule has 14 heavy (non-hydrogen) atoms. The number of halogens is 1. The molecule has 1 rings (SSSR count). The quantitative estimate of drug-likeness (QED) is 0.655. The van der Waals surface area contributed by atoms with E-state index < -0.39 is 11.9 Å². The summed E-state index contributed by atoms with van der Waals surface area (Å²) in [7, 11) is 1.17. The number of carbonyl (C=O) groups excluding carboxylic acids is 2. The zero-order valence-corrected chi connectivity index (χ0v) is 9.78. The molecule has 0 aliphatic rings. The Morgan fingerprint density at radius 1 is 1.64 bits per heavy atom. The van der Waals surface area contributed by atoms with E-state index in [-0.39, 0.29) is 0 Å². The molecule has 0 atom stereocenters. The molecule has 0 aliphatic carbocycles. The predicted octanol–water partition coefficient (Wildman–Crippen LogP) is 1.30. The van der Waals surface area contributed by atoms with E-state index in [1.165, 1.54) is 18.4 Å². The normalized spacial score (nSPS) is 9.57. The standard InChI is InChI=1S/C8H8BrNO3S/c1-13-8(12)7(11)10-3-6-2-5(9)4-14-6/h2,4H,3H2,1H3,(H,10,11). The van der Waals surface area contributed by atoms with Crippen LogP contribution in [0.3, 0.4) is 0 Å². The lowest BCUT2D eigenvalue weighted by atomic mass is 10.4. The van der Waals surface area contributed by atoms with Crippen LogP contribution in [0.1, 0.15) is 4.88 Å². The van der Waals surface area contributed by atoms with Gasteiger partial charge in [-0.1, -0.05) is 0 Å². The van der Waals surface area contributed by atoms with E-state index in [1.807, 2.05) is 11.4 Å². The Hall–Kier alpha value is -0.880. The summed E-state index contributed by atoms with van der Waals surface area (Å²) in [4.78, 5) is 22.6. The molecule has 0 saturated carbocycles. The van der Waals surface area contributed by atoms with Gasteiger partial charge in [0.1, 0.15) is 0 Å². The third kappa shape index (κ3) is 3.12. The van der Waals surface area contributed by atoms with E-state index >= 15 is 0 Å². The van der Waals surface area contributed by atoms with Gasteiger partial charge in [0.15, 0.2) is 0 Å². The molecule has 1 aromatic rings. The zero-order valence-electron chi connectivity index (χ0n) is 7.37. The average Bonchev–Trinajstić information content (AvgIpc) is 2.59. The highest BCUT2D eigenvalue weighted by atomic mass is 79.9. The third-order valence-electron chi connectivity index (χ3n) is 1.42. The van der Waals surface area contributed by atoms with Crippen LogP contribution in [0.25, 0.3) is 0 Å². The molecule has 4 nitrogen and oxygen atoms in total. The molecule has 0 spiro atoms. The maximum absolute atomic E-state index is 11.0. The van der Waals surface area contributed by atoms with Crippen molar-refractivity contribution in [1.29, 1.82) is 0 Å². The summed E-state index contributed by atoms with van der Waals surface area (Å²) in [6, 6.07) is 1.88. The monoisotopic (exact) mass is 277 g/mol. The minimum atomic E-state index is -0.874. The highest BCUT2D eigenvalue weighted by molar-refractivity contribution is 9.10. The molecule has 0 aliphatic heterocycles. The van der Waals surface area contributed by atoms with Gasteiger partial charge in [-0.15, -0.1) is 11.3 Å². The Labute approximate surface area is 93.4 Å². The van der Waals surface area contributed by atoms with Crippen LogP contribution in [0.5, 0.6) is 0 Å². The van der Waals surface area contributed by atoms with E-state index in [9.17, 15) is 9.59 Å². The minimum Gasteiger partial charge on any atom is -0.462 e. The van der Waals surface area contributed by atoms with Crippen molar-refractivity contribution < 1.29 is 14.3 Å². The van der Waals surface area contributed by atoms with Crippen LogP contribution in [-0.4, -0.2) is 19.0 Å². The SMILES string of the molecule is COC(=O)C(=O)NCc1cc(Br)cs1. The topological polar surface area (TPSA) is 55.4 Å². The van der Waals surface area contributed by atoms with Gasteiger partial charge >= 0.3 is 11.9 Å². The number of methoxy groups -OCH3 is 1. The summed E-state index contributed by atoms with van der Waals surface area (Å²) in [6.07, 6.45) is 0. The van der Waals surface area contributed by atoms with Crippen LogP contribution in [-0.2, 0) is 20.9 Å². The van der Waals surface area contributed by atoms with E-state index in [4.69, 9.17) is 0 Å². The van der Waals surface area contributed by atoms with Gasteiger partial charge in [0.05, 0.1) is 13.7 Å². The van der Waals surface area contributed by atoms with Crippen molar-refractivity contribution >= 4 is 39.1 Å². The fourth-order valence-electron chi connectivity index (χ4n) is 0.779. The molecule has 1 heterocycles. The van der Waals surface area contributed by atoms with Gasteiger partial charge in [-0.05, 0) is 22.0 Å². The van der Waals surface area contributed by atoms with Crippen LogP contribution in [0, 0.1) is 0 Å². The maximum atomic E-state index is 11.0. The number of esters is 1. The molecule has 1 N–H and O–H groups in total. The van der Waals surface area contributed by atoms with Gasteiger partial charge in [0.25, 0.3) is 0 Å². The van der Waals surface area contributed by atoms with E-state index in [0.717, 1.165) is 9.35 Å². The number of hydrogen-bond acceptors (Lipinski definition) is 4. The number of hydrogen-bond donors (Lipinski definition) is 1. The van der Waals surface area contributed by atoms with Crippen molar-refractivity contribution in [2.24, 2.45) is 0 Å². The average molecular weight is 278 g/mol. The van der Waals surface area contributed by atoms with Crippen LogP contribution in [0.2, 0.25) is 0 Å². The summed E-state index contributed by atoms with van der Waals surface area (Å²) >= 11 is 4.78. The van der Waals surface area contributed by atoms with E-state index in [0.29, 0.717) is 6.54 Å². The Morgan fingerprint density at radius 2 is 2.36 bits per heavy atom. The highest BCUT2D eigenvalue weighted by Gasteiger charge is 2.12. The minimum absolute atomic E-state index is 0.337. The summed E-state index contributed by atoms with van der Waals surface area (Å²) in [5.41, 5.74) is 0. The van der Waals surface area contributed by atoms with Gasteiger partial charge in [0, 0.05) is 14.7 Å². The molecule has 0 unspecified atom stereocenters. The van der Waals surface area contributed by atoms with Gasteiger partial charge < -0.3 is 10.1 Å². The first-order valence-corrected chi connectivity index (χ1v) is 5.40. The first kappa shape index (κ1) is 11.2. The van der Waals surface area contributed by atoms with Crippen LogP contribution in [0.4, 0.5) is 0 Å². The van der Waals surface area contributed by atoms with Crippen LogP contribution in [0.15, 0.2) is 15.9 Å². The van der Waals surface area contributed by atoms with Crippen LogP contribution >= 0.6 is 27.3 Å². The number of carbonyl (C=O) groups is 2. The molecule has 76 valence electrons. The second-order valence-corrected chi connectivity index (χ2v) is 4.32. The first-order valence-electron chi connectivity index (χ1n) is 3.72. The number of rotatable bonds is 2. The van der Waals surface area contributed by atoms with Crippen molar-refractivity contribution in [3.8, 4) is 0 Å². The highest BCUT2D eigenvalue weighted by Crippen LogP contribution is 2.19. The first-order chi connectivity index (χ1) is 6.63. The smallest absolute Gasteiger partial charge is 0.396 e.